The molecule has 0 aliphatic carbocycles. The van der Waals surface area contributed by atoms with Gasteiger partial charge in [0.05, 0.1) is 17.5 Å². The number of nitrogens with two attached hydrogens (primary N) is 1. The normalized spacial score (nSPS) is 13.8. The van der Waals surface area contributed by atoms with E-state index in [9.17, 15) is 13.2 Å². The summed E-state index contributed by atoms with van der Waals surface area (Å²) in [7, 11) is -3.72. The van der Waals surface area contributed by atoms with Gasteiger partial charge in [0, 0.05) is 11.1 Å². The SMILES string of the molecule is C[C@@H](NCC(=O)N[C@H](C)c1ccc(S(N)(=O)=O)cc1)c1cccc(Cl)c1. The average molecular weight is 396 g/mol. The molecule has 2 atom stereocenters. The Hall–Kier alpha value is -1.93. The van der Waals surface area contributed by atoms with Crippen molar-refractivity contribution >= 4 is 27.5 Å². The molecule has 6 nitrogen and oxygen atoms in total. The second kappa shape index (κ2) is 8.64. The summed E-state index contributed by atoms with van der Waals surface area (Å²) < 4.78 is 22.5. The van der Waals surface area contributed by atoms with E-state index in [2.05, 4.69) is 10.6 Å². The molecule has 0 heterocycles. The minimum absolute atomic E-state index is 0.0243. The van der Waals surface area contributed by atoms with Gasteiger partial charge in [-0.1, -0.05) is 35.9 Å². The van der Waals surface area contributed by atoms with Crippen LogP contribution in [0.25, 0.3) is 0 Å². The van der Waals surface area contributed by atoms with Crippen LogP contribution >= 0.6 is 11.6 Å². The van der Waals surface area contributed by atoms with Crippen molar-refractivity contribution in [2.45, 2.75) is 30.8 Å². The minimum Gasteiger partial charge on any atom is -0.348 e. The Bertz CT molecular complexity index is 870. The van der Waals surface area contributed by atoms with E-state index >= 15 is 0 Å². The average Bonchev–Trinajstić information content (AvgIpc) is 2.59. The molecule has 2 aromatic rings. The molecular weight excluding hydrogens is 374 g/mol. The number of benzene rings is 2. The standard InChI is InChI=1S/C18H22ClN3O3S/c1-12(15-4-3-5-16(19)10-15)21-11-18(23)22-13(2)14-6-8-17(9-7-14)26(20,24)25/h3-10,12-13,21H,11H2,1-2H3,(H,22,23)(H2,20,24,25)/t12-,13-/m1/s1. The van der Waals surface area contributed by atoms with Crippen molar-refractivity contribution in [3.63, 3.8) is 0 Å². The Kier molecular flexibility index (Phi) is 6.77. The van der Waals surface area contributed by atoms with Crippen LogP contribution in [-0.2, 0) is 14.8 Å². The molecule has 8 heteroatoms. The van der Waals surface area contributed by atoms with Gasteiger partial charge in [0.2, 0.25) is 15.9 Å². The van der Waals surface area contributed by atoms with Gasteiger partial charge in [-0.3, -0.25) is 4.79 Å². The molecule has 140 valence electrons. The van der Waals surface area contributed by atoms with Gasteiger partial charge in [-0.15, -0.1) is 0 Å². The summed E-state index contributed by atoms with van der Waals surface area (Å²) >= 11 is 5.98. The quantitative estimate of drug-likeness (QED) is 0.670. The fraction of sp³-hybridized carbons (Fsp3) is 0.278. The lowest BCUT2D eigenvalue weighted by atomic mass is 10.1. The molecule has 0 saturated heterocycles. The summed E-state index contributed by atoms with van der Waals surface area (Å²) in [5, 5.41) is 11.7. The molecule has 0 saturated carbocycles. The predicted octanol–water partition coefficient (Wildman–Crippen LogP) is 2.52. The van der Waals surface area contributed by atoms with Gasteiger partial charge in [0.25, 0.3) is 0 Å². The number of amides is 1. The Morgan fingerprint density at radius 1 is 1.08 bits per heavy atom. The lowest BCUT2D eigenvalue weighted by molar-refractivity contribution is -0.121. The number of hydrogen-bond donors (Lipinski definition) is 3. The summed E-state index contributed by atoms with van der Waals surface area (Å²) in [4.78, 5) is 12.2. The maximum absolute atomic E-state index is 12.1. The van der Waals surface area contributed by atoms with Gasteiger partial charge in [0.1, 0.15) is 0 Å². The zero-order valence-corrected chi connectivity index (χ0v) is 16.1. The highest BCUT2D eigenvalue weighted by molar-refractivity contribution is 7.89. The molecule has 0 aliphatic rings. The van der Waals surface area contributed by atoms with Crippen molar-refractivity contribution in [2.24, 2.45) is 5.14 Å². The van der Waals surface area contributed by atoms with Gasteiger partial charge in [0.15, 0.2) is 0 Å². The van der Waals surface area contributed by atoms with Crippen molar-refractivity contribution in [3.05, 3.63) is 64.7 Å². The fourth-order valence-corrected chi connectivity index (χ4v) is 3.18. The van der Waals surface area contributed by atoms with Crippen LogP contribution in [-0.4, -0.2) is 20.9 Å². The van der Waals surface area contributed by atoms with Gasteiger partial charge < -0.3 is 10.6 Å². The fourth-order valence-electron chi connectivity index (χ4n) is 2.46. The van der Waals surface area contributed by atoms with Gasteiger partial charge in [-0.05, 0) is 49.2 Å². The van der Waals surface area contributed by atoms with Crippen LogP contribution in [0.1, 0.15) is 37.1 Å². The third-order valence-corrected chi connectivity index (χ3v) is 5.17. The van der Waals surface area contributed by atoms with E-state index in [0.29, 0.717) is 5.02 Å². The number of primary sulfonamides is 1. The molecule has 0 radical (unpaired) electrons. The van der Waals surface area contributed by atoms with E-state index in [4.69, 9.17) is 16.7 Å². The number of rotatable bonds is 7. The minimum atomic E-state index is -3.72. The second-order valence-electron chi connectivity index (χ2n) is 6.06. The van der Waals surface area contributed by atoms with Crippen LogP contribution in [0.4, 0.5) is 0 Å². The molecular formula is C18H22ClN3O3S. The molecule has 1 amide bonds. The van der Waals surface area contributed by atoms with Crippen LogP contribution in [0, 0.1) is 0 Å². The van der Waals surface area contributed by atoms with E-state index in [1.807, 2.05) is 32.0 Å². The van der Waals surface area contributed by atoms with Crippen molar-refractivity contribution in [3.8, 4) is 0 Å². The second-order valence-corrected chi connectivity index (χ2v) is 8.06. The van der Waals surface area contributed by atoms with E-state index in [-0.39, 0.29) is 29.4 Å². The molecule has 26 heavy (non-hydrogen) atoms. The molecule has 4 N–H and O–H groups in total. The third kappa shape index (κ3) is 5.81. The van der Waals surface area contributed by atoms with E-state index in [0.717, 1.165) is 11.1 Å². The van der Waals surface area contributed by atoms with Crippen molar-refractivity contribution in [1.82, 2.24) is 10.6 Å². The monoisotopic (exact) mass is 395 g/mol. The Morgan fingerprint density at radius 3 is 2.31 bits per heavy atom. The maximum atomic E-state index is 12.1. The molecule has 2 aromatic carbocycles. The maximum Gasteiger partial charge on any atom is 0.238 e. The van der Waals surface area contributed by atoms with Crippen molar-refractivity contribution < 1.29 is 13.2 Å². The highest BCUT2D eigenvalue weighted by Gasteiger charge is 2.13. The summed E-state index contributed by atoms with van der Waals surface area (Å²) in [6.07, 6.45) is 0. The first-order chi connectivity index (χ1) is 12.2. The molecule has 0 aromatic heterocycles. The number of nitrogens with one attached hydrogen (secondary N) is 2. The van der Waals surface area contributed by atoms with Crippen LogP contribution in [0.2, 0.25) is 5.02 Å². The van der Waals surface area contributed by atoms with Crippen LogP contribution in [0.5, 0.6) is 0 Å². The lowest BCUT2D eigenvalue weighted by Crippen LogP contribution is -2.36. The largest absolute Gasteiger partial charge is 0.348 e. The summed E-state index contributed by atoms with van der Waals surface area (Å²) in [6, 6.07) is 13.3. The lowest BCUT2D eigenvalue weighted by Gasteiger charge is -2.17. The molecule has 2 rings (SSSR count). The molecule has 0 fully saturated rings. The van der Waals surface area contributed by atoms with Crippen LogP contribution < -0.4 is 15.8 Å². The Morgan fingerprint density at radius 2 is 1.73 bits per heavy atom. The zero-order valence-electron chi connectivity index (χ0n) is 14.6. The molecule has 0 aliphatic heterocycles. The summed E-state index contributed by atoms with van der Waals surface area (Å²) in [5.74, 6) is -0.165. The topological polar surface area (TPSA) is 101 Å². The van der Waals surface area contributed by atoms with Gasteiger partial charge in [-0.25, -0.2) is 13.6 Å². The van der Waals surface area contributed by atoms with Crippen molar-refractivity contribution in [1.29, 1.82) is 0 Å². The highest BCUT2D eigenvalue weighted by Crippen LogP contribution is 2.17. The first kappa shape index (κ1) is 20.4. The molecule has 0 bridgehead atoms. The Balaban J connectivity index is 1.89. The molecule has 0 spiro atoms. The highest BCUT2D eigenvalue weighted by atomic mass is 35.5. The number of carbonyl (C=O) groups is 1. The molecule has 0 unspecified atom stereocenters. The smallest absolute Gasteiger partial charge is 0.238 e. The van der Waals surface area contributed by atoms with Crippen molar-refractivity contribution in [2.75, 3.05) is 6.54 Å². The first-order valence-corrected chi connectivity index (χ1v) is 10.00. The van der Waals surface area contributed by atoms with E-state index < -0.39 is 10.0 Å². The van der Waals surface area contributed by atoms with E-state index in [1.165, 1.54) is 12.1 Å². The number of sulfonamides is 1. The van der Waals surface area contributed by atoms with E-state index in [1.54, 1.807) is 18.2 Å². The summed E-state index contributed by atoms with van der Waals surface area (Å²) in [6.45, 7) is 3.92. The first-order valence-electron chi connectivity index (χ1n) is 8.08. The number of halogens is 1. The summed E-state index contributed by atoms with van der Waals surface area (Å²) in [5.41, 5.74) is 1.78. The predicted molar refractivity (Wildman–Crippen MR) is 102 cm³/mol. The zero-order chi connectivity index (χ0) is 19.3. The number of hydrogen-bond acceptors (Lipinski definition) is 4. The van der Waals surface area contributed by atoms with Crippen LogP contribution in [0.15, 0.2) is 53.4 Å². The third-order valence-electron chi connectivity index (χ3n) is 4.00. The van der Waals surface area contributed by atoms with Gasteiger partial charge in [-0.2, -0.15) is 0 Å². The number of carbonyl (C=O) groups excluding carboxylic acids is 1. The Labute approximate surface area is 158 Å². The van der Waals surface area contributed by atoms with Gasteiger partial charge >= 0.3 is 0 Å². The van der Waals surface area contributed by atoms with Crippen LogP contribution in [0.3, 0.4) is 0 Å².